The number of thioether (sulfide) groups is 1. The van der Waals surface area contributed by atoms with E-state index in [1.165, 1.54) is 23.1 Å². The highest BCUT2D eigenvalue weighted by Crippen LogP contribution is 2.30. The standard InChI is InChI=1S/C24H17N3O3S2/c28-20(22-14-16-6-4-5-9-21(16)30-22)15-31-24-27-26-23(32-24)25-17-10-12-19(13-11-17)29-18-7-2-1-3-8-18/h1-14H,15H2,(H,25,26). The van der Waals surface area contributed by atoms with Crippen molar-refractivity contribution in [1.82, 2.24) is 10.2 Å². The van der Waals surface area contributed by atoms with Crippen LogP contribution >= 0.6 is 23.1 Å². The Bertz CT molecular complexity index is 1310. The first-order chi connectivity index (χ1) is 15.7. The Labute approximate surface area is 192 Å². The van der Waals surface area contributed by atoms with Gasteiger partial charge in [-0.25, -0.2) is 0 Å². The zero-order valence-electron chi connectivity index (χ0n) is 16.7. The van der Waals surface area contributed by atoms with Crippen LogP contribution in [0.5, 0.6) is 11.5 Å². The fraction of sp³-hybridized carbons (Fsp3) is 0.0417. The molecule has 0 aliphatic heterocycles. The van der Waals surface area contributed by atoms with Crippen LogP contribution in [0.1, 0.15) is 10.6 Å². The summed E-state index contributed by atoms with van der Waals surface area (Å²) in [6.07, 6.45) is 0. The van der Waals surface area contributed by atoms with Gasteiger partial charge in [-0.1, -0.05) is 59.5 Å². The van der Waals surface area contributed by atoms with E-state index < -0.39 is 0 Å². The lowest BCUT2D eigenvalue weighted by Gasteiger charge is -2.06. The topological polar surface area (TPSA) is 77.2 Å². The molecule has 0 spiro atoms. The second kappa shape index (κ2) is 9.25. The van der Waals surface area contributed by atoms with E-state index in [4.69, 9.17) is 9.15 Å². The lowest BCUT2D eigenvalue weighted by atomic mass is 10.2. The second-order valence-electron chi connectivity index (χ2n) is 6.80. The van der Waals surface area contributed by atoms with Crippen LogP contribution in [0.15, 0.2) is 93.7 Å². The van der Waals surface area contributed by atoms with E-state index in [1.807, 2.05) is 78.9 Å². The van der Waals surface area contributed by atoms with Crippen LogP contribution in [-0.2, 0) is 0 Å². The minimum Gasteiger partial charge on any atom is -0.457 e. The molecule has 0 aliphatic rings. The van der Waals surface area contributed by atoms with Crippen LogP contribution in [0.3, 0.4) is 0 Å². The van der Waals surface area contributed by atoms with Crippen LogP contribution in [0.2, 0.25) is 0 Å². The van der Waals surface area contributed by atoms with Gasteiger partial charge in [-0.15, -0.1) is 10.2 Å². The number of benzene rings is 3. The molecule has 2 aromatic heterocycles. The summed E-state index contributed by atoms with van der Waals surface area (Å²) in [6, 6.07) is 26.6. The van der Waals surface area contributed by atoms with Crippen molar-refractivity contribution < 1.29 is 13.9 Å². The first-order valence-corrected chi connectivity index (χ1v) is 11.6. The number of nitrogens with zero attached hydrogens (tertiary/aromatic N) is 2. The first kappa shape index (κ1) is 20.3. The van der Waals surface area contributed by atoms with Crippen molar-refractivity contribution in [2.75, 3.05) is 11.1 Å². The van der Waals surface area contributed by atoms with Gasteiger partial charge in [0.05, 0.1) is 5.75 Å². The smallest absolute Gasteiger partial charge is 0.210 e. The van der Waals surface area contributed by atoms with Gasteiger partial charge >= 0.3 is 0 Å². The highest BCUT2D eigenvalue weighted by atomic mass is 32.2. The Kier molecular flexibility index (Phi) is 5.87. The van der Waals surface area contributed by atoms with Crippen molar-refractivity contribution in [1.29, 1.82) is 0 Å². The molecule has 0 aliphatic carbocycles. The number of furan rings is 1. The molecule has 0 unspecified atom stereocenters. The monoisotopic (exact) mass is 459 g/mol. The lowest BCUT2D eigenvalue weighted by Crippen LogP contribution is -2.00. The molecule has 2 heterocycles. The molecule has 0 atom stereocenters. The lowest BCUT2D eigenvalue weighted by molar-refractivity contribution is 0.0994. The number of rotatable bonds is 8. The predicted octanol–water partition coefficient (Wildman–Crippen LogP) is 6.80. The largest absolute Gasteiger partial charge is 0.457 e. The molecule has 0 bridgehead atoms. The molecule has 158 valence electrons. The summed E-state index contributed by atoms with van der Waals surface area (Å²) in [5, 5.41) is 13.1. The van der Waals surface area contributed by atoms with E-state index in [0.29, 0.717) is 20.8 Å². The minimum atomic E-state index is -0.0788. The van der Waals surface area contributed by atoms with Gasteiger partial charge < -0.3 is 14.5 Å². The molecule has 0 saturated carbocycles. The van der Waals surface area contributed by atoms with Crippen molar-refractivity contribution in [3.05, 3.63) is 90.7 Å². The van der Waals surface area contributed by atoms with E-state index in [0.717, 1.165) is 22.6 Å². The fourth-order valence-corrected chi connectivity index (χ4v) is 4.63. The maximum Gasteiger partial charge on any atom is 0.210 e. The number of fused-ring (bicyclic) bond motifs is 1. The summed E-state index contributed by atoms with van der Waals surface area (Å²) in [4.78, 5) is 12.5. The van der Waals surface area contributed by atoms with Crippen LogP contribution in [0.4, 0.5) is 10.8 Å². The summed E-state index contributed by atoms with van der Waals surface area (Å²) in [6.45, 7) is 0. The molecule has 6 nitrogen and oxygen atoms in total. The Balaban J connectivity index is 1.16. The average Bonchev–Trinajstić information content (AvgIpc) is 3.46. The fourth-order valence-electron chi connectivity index (χ4n) is 2.99. The first-order valence-electron chi connectivity index (χ1n) is 9.81. The summed E-state index contributed by atoms with van der Waals surface area (Å²) in [7, 11) is 0. The second-order valence-corrected chi connectivity index (χ2v) is 9.00. The Hall–Kier alpha value is -3.62. The normalized spacial score (nSPS) is 10.9. The van der Waals surface area contributed by atoms with Crippen LogP contribution < -0.4 is 10.1 Å². The maximum absolute atomic E-state index is 12.5. The molecule has 0 radical (unpaired) electrons. The van der Waals surface area contributed by atoms with Gasteiger partial charge in [-0.3, -0.25) is 4.79 Å². The quantitative estimate of drug-likeness (QED) is 0.202. The van der Waals surface area contributed by atoms with Crippen LogP contribution in [0.25, 0.3) is 11.0 Å². The van der Waals surface area contributed by atoms with Crippen molar-refractivity contribution in [3.63, 3.8) is 0 Å². The number of carbonyl (C=O) groups excluding carboxylic acids is 1. The molecular formula is C24H17N3O3S2. The number of carbonyl (C=O) groups is 1. The Morgan fingerprint density at radius 3 is 2.50 bits per heavy atom. The number of ether oxygens (including phenoxy) is 1. The molecular weight excluding hydrogens is 442 g/mol. The number of anilines is 2. The molecule has 0 saturated heterocycles. The van der Waals surface area contributed by atoms with Gasteiger partial charge in [0.15, 0.2) is 10.1 Å². The van der Waals surface area contributed by atoms with Gasteiger partial charge in [0, 0.05) is 11.1 Å². The molecule has 0 amide bonds. The summed E-state index contributed by atoms with van der Waals surface area (Å²) < 4.78 is 12.1. The molecule has 32 heavy (non-hydrogen) atoms. The Morgan fingerprint density at radius 1 is 0.938 bits per heavy atom. The van der Waals surface area contributed by atoms with Gasteiger partial charge in [0.25, 0.3) is 0 Å². The molecule has 3 aromatic carbocycles. The third kappa shape index (κ3) is 4.82. The number of aromatic nitrogens is 2. The predicted molar refractivity (Wildman–Crippen MR) is 127 cm³/mol. The van der Waals surface area contributed by atoms with E-state index in [2.05, 4.69) is 15.5 Å². The third-order valence-corrected chi connectivity index (χ3v) is 6.49. The minimum absolute atomic E-state index is 0.0788. The molecule has 5 rings (SSSR count). The third-order valence-electron chi connectivity index (χ3n) is 4.52. The summed E-state index contributed by atoms with van der Waals surface area (Å²) in [5.74, 6) is 2.06. The van der Waals surface area contributed by atoms with Gasteiger partial charge in [-0.05, 0) is 48.5 Å². The van der Waals surface area contributed by atoms with E-state index >= 15 is 0 Å². The van der Waals surface area contributed by atoms with Gasteiger partial charge in [0.1, 0.15) is 17.1 Å². The number of para-hydroxylation sites is 2. The van der Waals surface area contributed by atoms with Crippen molar-refractivity contribution >= 4 is 50.7 Å². The molecule has 5 aromatic rings. The highest BCUT2D eigenvalue weighted by Gasteiger charge is 2.14. The maximum atomic E-state index is 12.5. The van der Waals surface area contributed by atoms with E-state index in [1.54, 1.807) is 6.07 Å². The number of ketones is 1. The zero-order chi connectivity index (χ0) is 21.8. The van der Waals surface area contributed by atoms with Gasteiger partial charge in [0.2, 0.25) is 10.9 Å². The molecule has 1 N–H and O–H groups in total. The number of nitrogens with one attached hydrogen (secondary N) is 1. The zero-order valence-corrected chi connectivity index (χ0v) is 18.4. The van der Waals surface area contributed by atoms with E-state index in [9.17, 15) is 4.79 Å². The summed E-state index contributed by atoms with van der Waals surface area (Å²) >= 11 is 2.74. The van der Waals surface area contributed by atoms with Crippen LogP contribution in [0, 0.1) is 0 Å². The Morgan fingerprint density at radius 2 is 1.69 bits per heavy atom. The number of hydrogen-bond acceptors (Lipinski definition) is 8. The average molecular weight is 460 g/mol. The van der Waals surface area contributed by atoms with Crippen molar-refractivity contribution in [3.8, 4) is 11.5 Å². The van der Waals surface area contributed by atoms with Crippen molar-refractivity contribution in [2.24, 2.45) is 0 Å². The van der Waals surface area contributed by atoms with E-state index in [-0.39, 0.29) is 11.5 Å². The summed E-state index contributed by atoms with van der Waals surface area (Å²) in [5.41, 5.74) is 1.58. The van der Waals surface area contributed by atoms with Crippen molar-refractivity contribution in [2.45, 2.75) is 4.34 Å². The van der Waals surface area contributed by atoms with Crippen LogP contribution in [-0.4, -0.2) is 21.7 Å². The number of Topliss-reactive ketones (excluding diaryl/α,β-unsaturated/α-hetero) is 1. The SMILES string of the molecule is O=C(CSc1nnc(Nc2ccc(Oc3ccccc3)cc2)s1)c1cc2ccccc2o1. The van der Waals surface area contributed by atoms with Gasteiger partial charge in [-0.2, -0.15) is 0 Å². The molecule has 8 heteroatoms. The highest BCUT2D eigenvalue weighted by molar-refractivity contribution is 8.01. The number of hydrogen-bond donors (Lipinski definition) is 1. The molecule has 0 fully saturated rings.